The van der Waals surface area contributed by atoms with Gasteiger partial charge in [0.2, 0.25) is 5.91 Å². The van der Waals surface area contributed by atoms with Gasteiger partial charge < -0.3 is 16.4 Å². The Morgan fingerprint density at radius 3 is 3.05 bits per heavy atom. The zero-order valence-electron chi connectivity index (χ0n) is 10.7. The van der Waals surface area contributed by atoms with Crippen LogP contribution in [0.15, 0.2) is 24.3 Å². The predicted octanol–water partition coefficient (Wildman–Crippen LogP) is 0.894. The zero-order valence-corrected chi connectivity index (χ0v) is 10.7. The standard InChI is InChI=1S/C13H18N4O2/c14-6-5-12(18)16-10-3-1-4-11(9-10)17-8-2-7-15-13(17)19/h1,3-4,9H,2,5-8,14H2,(H,15,19)(H,16,18). The molecular formula is C13H18N4O2. The van der Waals surface area contributed by atoms with E-state index in [1.807, 2.05) is 12.1 Å². The van der Waals surface area contributed by atoms with Gasteiger partial charge in [-0.3, -0.25) is 9.69 Å². The van der Waals surface area contributed by atoms with E-state index in [0.717, 1.165) is 12.1 Å². The molecule has 1 fully saturated rings. The predicted molar refractivity (Wildman–Crippen MR) is 74.1 cm³/mol. The largest absolute Gasteiger partial charge is 0.338 e. The van der Waals surface area contributed by atoms with Gasteiger partial charge in [-0.05, 0) is 24.6 Å². The van der Waals surface area contributed by atoms with Crippen molar-refractivity contribution < 1.29 is 9.59 Å². The molecule has 0 bridgehead atoms. The highest BCUT2D eigenvalue weighted by molar-refractivity contribution is 5.95. The number of hydrogen-bond donors (Lipinski definition) is 3. The van der Waals surface area contributed by atoms with Crippen LogP contribution in [0.5, 0.6) is 0 Å². The van der Waals surface area contributed by atoms with E-state index in [4.69, 9.17) is 5.73 Å². The van der Waals surface area contributed by atoms with Crippen molar-refractivity contribution in [1.29, 1.82) is 0 Å². The van der Waals surface area contributed by atoms with E-state index in [1.54, 1.807) is 17.0 Å². The molecule has 0 atom stereocenters. The van der Waals surface area contributed by atoms with Gasteiger partial charge in [0.25, 0.3) is 0 Å². The molecule has 6 heteroatoms. The molecule has 0 radical (unpaired) electrons. The molecule has 3 amide bonds. The van der Waals surface area contributed by atoms with E-state index in [2.05, 4.69) is 10.6 Å². The summed E-state index contributed by atoms with van der Waals surface area (Å²) in [7, 11) is 0. The van der Waals surface area contributed by atoms with Crippen LogP contribution in [0.1, 0.15) is 12.8 Å². The third kappa shape index (κ3) is 3.45. The van der Waals surface area contributed by atoms with Crippen LogP contribution in [0.2, 0.25) is 0 Å². The Morgan fingerprint density at radius 1 is 1.47 bits per heavy atom. The van der Waals surface area contributed by atoms with Crippen LogP contribution in [0, 0.1) is 0 Å². The monoisotopic (exact) mass is 262 g/mol. The first-order chi connectivity index (χ1) is 9.20. The number of rotatable bonds is 4. The Hall–Kier alpha value is -2.08. The minimum absolute atomic E-state index is 0.100. The van der Waals surface area contributed by atoms with Gasteiger partial charge in [0.05, 0.1) is 0 Å². The molecule has 6 nitrogen and oxygen atoms in total. The highest BCUT2D eigenvalue weighted by atomic mass is 16.2. The summed E-state index contributed by atoms with van der Waals surface area (Å²) in [5.41, 5.74) is 6.78. The number of carbonyl (C=O) groups is 2. The number of urea groups is 1. The van der Waals surface area contributed by atoms with Crippen LogP contribution in [-0.2, 0) is 4.79 Å². The Morgan fingerprint density at radius 2 is 2.32 bits per heavy atom. The topological polar surface area (TPSA) is 87.5 Å². The molecule has 0 unspecified atom stereocenters. The Kier molecular flexibility index (Phi) is 4.35. The van der Waals surface area contributed by atoms with Crippen molar-refractivity contribution in [1.82, 2.24) is 5.32 Å². The number of nitrogens with one attached hydrogen (secondary N) is 2. The van der Waals surface area contributed by atoms with Crippen molar-refractivity contribution in [3.63, 3.8) is 0 Å². The maximum Gasteiger partial charge on any atom is 0.321 e. The van der Waals surface area contributed by atoms with E-state index in [1.165, 1.54) is 0 Å². The van der Waals surface area contributed by atoms with Crippen molar-refractivity contribution in [3.05, 3.63) is 24.3 Å². The molecule has 102 valence electrons. The van der Waals surface area contributed by atoms with Crippen LogP contribution in [-0.4, -0.2) is 31.6 Å². The van der Waals surface area contributed by atoms with Gasteiger partial charge in [0, 0.05) is 37.4 Å². The summed E-state index contributed by atoms with van der Waals surface area (Å²) >= 11 is 0. The third-order valence-electron chi connectivity index (χ3n) is 2.89. The molecular weight excluding hydrogens is 244 g/mol. The molecule has 0 saturated carbocycles. The minimum Gasteiger partial charge on any atom is -0.338 e. The van der Waals surface area contributed by atoms with E-state index in [9.17, 15) is 9.59 Å². The minimum atomic E-state index is -0.122. The zero-order chi connectivity index (χ0) is 13.7. The molecule has 1 heterocycles. The van der Waals surface area contributed by atoms with Crippen LogP contribution < -0.4 is 21.3 Å². The quantitative estimate of drug-likeness (QED) is 0.753. The summed E-state index contributed by atoms with van der Waals surface area (Å²) in [6.07, 6.45) is 1.20. The summed E-state index contributed by atoms with van der Waals surface area (Å²) < 4.78 is 0. The fourth-order valence-corrected chi connectivity index (χ4v) is 1.98. The maximum absolute atomic E-state index is 11.7. The summed E-state index contributed by atoms with van der Waals surface area (Å²) in [4.78, 5) is 24.9. The van der Waals surface area contributed by atoms with E-state index in [-0.39, 0.29) is 18.4 Å². The molecule has 1 saturated heterocycles. The molecule has 1 aromatic rings. The lowest BCUT2D eigenvalue weighted by Gasteiger charge is -2.27. The van der Waals surface area contributed by atoms with Gasteiger partial charge in [-0.15, -0.1) is 0 Å². The molecule has 0 aromatic heterocycles. The maximum atomic E-state index is 11.7. The second kappa shape index (κ2) is 6.19. The fourth-order valence-electron chi connectivity index (χ4n) is 1.98. The number of carbonyl (C=O) groups excluding carboxylic acids is 2. The van der Waals surface area contributed by atoms with E-state index >= 15 is 0 Å². The van der Waals surface area contributed by atoms with Crippen molar-refractivity contribution in [2.45, 2.75) is 12.8 Å². The van der Waals surface area contributed by atoms with Crippen molar-refractivity contribution in [3.8, 4) is 0 Å². The first kappa shape index (κ1) is 13.4. The van der Waals surface area contributed by atoms with Crippen LogP contribution >= 0.6 is 0 Å². The van der Waals surface area contributed by atoms with Gasteiger partial charge >= 0.3 is 6.03 Å². The molecule has 2 rings (SSSR count). The molecule has 0 spiro atoms. The SMILES string of the molecule is NCCC(=O)Nc1cccc(N2CCCNC2=O)c1. The Balaban J connectivity index is 2.10. The highest BCUT2D eigenvalue weighted by Crippen LogP contribution is 2.21. The first-order valence-electron chi connectivity index (χ1n) is 6.36. The second-order valence-corrected chi connectivity index (χ2v) is 4.37. The smallest absolute Gasteiger partial charge is 0.321 e. The van der Waals surface area contributed by atoms with Crippen LogP contribution in [0.3, 0.4) is 0 Å². The lowest BCUT2D eigenvalue weighted by Crippen LogP contribution is -2.46. The number of anilines is 2. The van der Waals surface area contributed by atoms with E-state index < -0.39 is 0 Å². The molecule has 1 aromatic carbocycles. The van der Waals surface area contributed by atoms with Crippen molar-refractivity contribution in [2.75, 3.05) is 29.9 Å². The number of nitrogens with two attached hydrogens (primary N) is 1. The lowest BCUT2D eigenvalue weighted by atomic mass is 10.2. The van der Waals surface area contributed by atoms with E-state index in [0.29, 0.717) is 25.3 Å². The normalized spacial score (nSPS) is 15.0. The number of benzene rings is 1. The first-order valence-corrected chi connectivity index (χ1v) is 6.36. The second-order valence-electron chi connectivity index (χ2n) is 4.37. The van der Waals surface area contributed by atoms with Gasteiger partial charge in [-0.2, -0.15) is 0 Å². The average Bonchev–Trinajstić information content (AvgIpc) is 2.40. The fraction of sp³-hybridized carbons (Fsp3) is 0.385. The number of amides is 3. The van der Waals surface area contributed by atoms with Gasteiger partial charge in [-0.25, -0.2) is 4.79 Å². The van der Waals surface area contributed by atoms with Gasteiger partial charge in [0.15, 0.2) is 0 Å². The van der Waals surface area contributed by atoms with Gasteiger partial charge in [0.1, 0.15) is 0 Å². The molecule has 19 heavy (non-hydrogen) atoms. The molecule has 1 aliphatic rings. The molecule has 1 aliphatic heterocycles. The third-order valence-corrected chi connectivity index (χ3v) is 2.89. The molecule has 0 aliphatic carbocycles. The summed E-state index contributed by atoms with van der Waals surface area (Å²) in [6, 6.07) is 7.15. The van der Waals surface area contributed by atoms with Crippen LogP contribution in [0.25, 0.3) is 0 Å². The summed E-state index contributed by atoms with van der Waals surface area (Å²) in [5, 5.41) is 5.55. The molecule has 4 N–H and O–H groups in total. The van der Waals surface area contributed by atoms with Gasteiger partial charge in [-0.1, -0.05) is 6.07 Å². The Labute approximate surface area is 112 Å². The summed E-state index contributed by atoms with van der Waals surface area (Å²) in [5.74, 6) is -0.122. The van der Waals surface area contributed by atoms with Crippen molar-refractivity contribution in [2.24, 2.45) is 5.73 Å². The number of hydrogen-bond acceptors (Lipinski definition) is 3. The number of nitrogens with zero attached hydrogens (tertiary/aromatic N) is 1. The average molecular weight is 262 g/mol. The Bertz CT molecular complexity index is 475. The van der Waals surface area contributed by atoms with Crippen molar-refractivity contribution >= 4 is 23.3 Å². The highest BCUT2D eigenvalue weighted by Gasteiger charge is 2.19. The summed E-state index contributed by atoms with van der Waals surface area (Å²) in [6.45, 7) is 1.72. The van der Waals surface area contributed by atoms with Crippen LogP contribution in [0.4, 0.5) is 16.2 Å². The lowest BCUT2D eigenvalue weighted by molar-refractivity contribution is -0.116.